The van der Waals surface area contributed by atoms with Crippen molar-refractivity contribution in [2.24, 2.45) is 5.92 Å². The van der Waals surface area contributed by atoms with Crippen LogP contribution in [0.25, 0.3) is 0 Å². The number of hydrogen-bond acceptors (Lipinski definition) is 2. The summed E-state index contributed by atoms with van der Waals surface area (Å²) in [5, 5.41) is 9.58. The van der Waals surface area contributed by atoms with Crippen molar-refractivity contribution in [3.8, 4) is 0 Å². The van der Waals surface area contributed by atoms with Crippen molar-refractivity contribution in [2.75, 3.05) is 7.05 Å². The first-order valence-electron chi connectivity index (χ1n) is 6.55. The molecule has 0 radical (unpaired) electrons. The highest BCUT2D eigenvalue weighted by atomic mass is 16.3. The van der Waals surface area contributed by atoms with Crippen molar-refractivity contribution < 1.29 is 14.7 Å². The van der Waals surface area contributed by atoms with Crippen LogP contribution in [-0.2, 0) is 9.59 Å². The average molecular weight is 247 g/mol. The molecule has 1 aliphatic rings. The summed E-state index contributed by atoms with van der Waals surface area (Å²) in [6, 6.07) is 0. The normalized spacial score (nSPS) is 13.5. The summed E-state index contributed by atoms with van der Waals surface area (Å²) in [7, 11) is 1.72. The van der Waals surface area contributed by atoms with Crippen LogP contribution >= 0.6 is 0 Å². The summed E-state index contributed by atoms with van der Waals surface area (Å²) >= 11 is 0. The van der Waals surface area contributed by atoms with E-state index in [2.05, 4.69) is 5.32 Å². The number of rotatable bonds is 1. The largest absolute Gasteiger partial charge is 0.483 e. The van der Waals surface area contributed by atoms with Gasteiger partial charge in [0, 0.05) is 13.0 Å². The quantitative estimate of drug-likeness (QED) is 0.700. The average Bonchev–Trinajstić information content (AvgIpc) is 2.44. The van der Waals surface area contributed by atoms with Gasteiger partial charge in [0.15, 0.2) is 0 Å². The zero-order valence-corrected chi connectivity index (χ0v) is 12.0. The molecule has 0 aromatic heterocycles. The number of nitrogens with one attached hydrogen (secondary N) is 1. The van der Waals surface area contributed by atoms with E-state index in [-0.39, 0.29) is 12.4 Å². The van der Waals surface area contributed by atoms with Gasteiger partial charge >= 0.3 is 0 Å². The zero-order chi connectivity index (χ0) is 14.1. The van der Waals surface area contributed by atoms with Crippen molar-refractivity contribution in [1.82, 2.24) is 5.32 Å². The first-order valence-corrected chi connectivity index (χ1v) is 6.55. The zero-order valence-electron chi connectivity index (χ0n) is 12.0. The van der Waals surface area contributed by atoms with E-state index in [0.29, 0.717) is 5.92 Å². The van der Waals surface area contributed by atoms with Gasteiger partial charge in [-0.3, -0.25) is 9.59 Å². The first-order chi connectivity index (χ1) is 8.26. The molecule has 2 N–H and O–H groups in total. The molecule has 0 atom stereocenters. The van der Waals surface area contributed by atoms with E-state index in [1.165, 1.54) is 19.3 Å². The Morgan fingerprint density at radius 3 is 1.76 bits per heavy atom. The fourth-order valence-corrected chi connectivity index (χ4v) is 1.57. The number of amides is 1. The smallest absolute Gasteiger partial charge is 0.290 e. The predicted molar refractivity (Wildman–Crippen MR) is 72.0 cm³/mol. The second kappa shape index (κ2) is 20.4. The standard InChI is InChI=1S/C8H15NO.2C2H6.CH2O2/c1-9-8(10)7-5-3-2-4-6-7;2*1-2;2-1-3/h7H,2-6H2,1H3,(H,9,10);2*1-2H3;1H,(H,2,3). The molecule has 1 amide bonds. The molecule has 0 heterocycles. The Hall–Kier alpha value is -1.06. The second-order valence-electron chi connectivity index (χ2n) is 3.05. The van der Waals surface area contributed by atoms with Gasteiger partial charge in [-0.1, -0.05) is 47.0 Å². The summed E-state index contributed by atoms with van der Waals surface area (Å²) < 4.78 is 0. The van der Waals surface area contributed by atoms with Crippen LogP contribution in [0.1, 0.15) is 59.8 Å². The molecule has 0 aromatic rings. The van der Waals surface area contributed by atoms with Crippen LogP contribution in [-0.4, -0.2) is 24.5 Å². The van der Waals surface area contributed by atoms with E-state index >= 15 is 0 Å². The fourth-order valence-electron chi connectivity index (χ4n) is 1.57. The third-order valence-corrected chi connectivity index (χ3v) is 2.22. The Kier molecular flexibility index (Phi) is 25.5. The van der Waals surface area contributed by atoms with Crippen LogP contribution in [0.2, 0.25) is 0 Å². The molecule has 1 saturated carbocycles. The van der Waals surface area contributed by atoms with Crippen LogP contribution < -0.4 is 5.32 Å². The molecule has 0 aromatic carbocycles. The molecule has 17 heavy (non-hydrogen) atoms. The highest BCUT2D eigenvalue weighted by Crippen LogP contribution is 2.23. The Labute approximate surface area is 106 Å². The lowest BCUT2D eigenvalue weighted by Crippen LogP contribution is -2.28. The lowest BCUT2D eigenvalue weighted by molar-refractivity contribution is -0.125. The molecule has 0 saturated heterocycles. The molecule has 0 unspecified atom stereocenters. The van der Waals surface area contributed by atoms with Gasteiger partial charge in [0.1, 0.15) is 0 Å². The number of carboxylic acid groups (broad SMARTS) is 1. The van der Waals surface area contributed by atoms with Gasteiger partial charge in [0.25, 0.3) is 6.47 Å². The summed E-state index contributed by atoms with van der Waals surface area (Å²) in [6.07, 6.45) is 5.98. The monoisotopic (exact) mass is 247 g/mol. The second-order valence-corrected chi connectivity index (χ2v) is 3.05. The van der Waals surface area contributed by atoms with Crippen LogP contribution in [0.3, 0.4) is 0 Å². The molecule has 1 aliphatic carbocycles. The van der Waals surface area contributed by atoms with Crippen molar-refractivity contribution in [3.05, 3.63) is 0 Å². The van der Waals surface area contributed by atoms with Crippen LogP contribution in [0.5, 0.6) is 0 Å². The maximum atomic E-state index is 11.1. The third-order valence-electron chi connectivity index (χ3n) is 2.22. The van der Waals surface area contributed by atoms with Gasteiger partial charge in [0.2, 0.25) is 5.91 Å². The van der Waals surface area contributed by atoms with Crippen LogP contribution in [0, 0.1) is 5.92 Å². The topological polar surface area (TPSA) is 66.4 Å². The highest BCUT2D eigenvalue weighted by Gasteiger charge is 2.19. The molecule has 0 spiro atoms. The minimum atomic E-state index is -0.250. The maximum absolute atomic E-state index is 11.1. The maximum Gasteiger partial charge on any atom is 0.290 e. The van der Waals surface area contributed by atoms with Crippen LogP contribution in [0.4, 0.5) is 0 Å². The SMILES string of the molecule is CC.CC.CNC(=O)C1CCCCC1.O=CO. The van der Waals surface area contributed by atoms with E-state index in [1.54, 1.807) is 7.05 Å². The molecule has 0 bridgehead atoms. The molecular weight excluding hydrogens is 218 g/mol. The molecule has 0 aliphatic heterocycles. The van der Waals surface area contributed by atoms with E-state index in [0.717, 1.165) is 12.8 Å². The van der Waals surface area contributed by atoms with Gasteiger partial charge < -0.3 is 10.4 Å². The van der Waals surface area contributed by atoms with Crippen molar-refractivity contribution in [1.29, 1.82) is 0 Å². The van der Waals surface area contributed by atoms with Gasteiger partial charge in [-0.05, 0) is 12.8 Å². The van der Waals surface area contributed by atoms with Gasteiger partial charge in [-0.2, -0.15) is 0 Å². The molecule has 1 rings (SSSR count). The van der Waals surface area contributed by atoms with E-state index in [9.17, 15) is 4.79 Å². The predicted octanol–water partition coefficient (Wildman–Crippen LogP) is 3.07. The first kappa shape index (κ1) is 21.2. The van der Waals surface area contributed by atoms with Gasteiger partial charge in [-0.25, -0.2) is 0 Å². The Balaban J connectivity index is -0.000000239. The Morgan fingerprint density at radius 1 is 1.12 bits per heavy atom. The molecule has 4 heteroatoms. The molecule has 1 fully saturated rings. The Bertz CT molecular complexity index is 155. The summed E-state index contributed by atoms with van der Waals surface area (Å²) in [4.78, 5) is 19.4. The summed E-state index contributed by atoms with van der Waals surface area (Å²) in [5.74, 6) is 0.554. The lowest BCUT2D eigenvalue weighted by atomic mass is 9.89. The minimum absolute atomic E-state index is 0.236. The van der Waals surface area contributed by atoms with E-state index in [1.807, 2.05) is 27.7 Å². The number of hydrogen-bond donors (Lipinski definition) is 2. The number of carbonyl (C=O) groups excluding carboxylic acids is 1. The van der Waals surface area contributed by atoms with E-state index < -0.39 is 0 Å². The van der Waals surface area contributed by atoms with Crippen LogP contribution in [0.15, 0.2) is 0 Å². The lowest BCUT2D eigenvalue weighted by Gasteiger charge is -2.19. The minimum Gasteiger partial charge on any atom is -0.483 e. The number of carbonyl (C=O) groups is 2. The highest BCUT2D eigenvalue weighted by molar-refractivity contribution is 5.78. The van der Waals surface area contributed by atoms with Crippen molar-refractivity contribution in [3.63, 3.8) is 0 Å². The van der Waals surface area contributed by atoms with Crippen molar-refractivity contribution in [2.45, 2.75) is 59.8 Å². The van der Waals surface area contributed by atoms with Gasteiger partial charge in [-0.15, -0.1) is 0 Å². The molecule has 104 valence electrons. The van der Waals surface area contributed by atoms with Gasteiger partial charge in [0.05, 0.1) is 0 Å². The third kappa shape index (κ3) is 14.9. The summed E-state index contributed by atoms with van der Waals surface area (Å²) in [5.41, 5.74) is 0. The van der Waals surface area contributed by atoms with Crippen molar-refractivity contribution >= 4 is 12.4 Å². The molecular formula is C13H29NO3. The fraction of sp³-hybridized carbons (Fsp3) is 0.846. The molecule has 4 nitrogen and oxygen atoms in total. The summed E-state index contributed by atoms with van der Waals surface area (Å²) in [6.45, 7) is 7.75. The van der Waals surface area contributed by atoms with E-state index in [4.69, 9.17) is 9.90 Å². The Morgan fingerprint density at radius 2 is 1.47 bits per heavy atom.